The van der Waals surface area contributed by atoms with E-state index in [1.165, 1.54) is 6.08 Å². The molecule has 100 valence electrons. The van der Waals surface area contributed by atoms with Crippen LogP contribution in [0.1, 0.15) is 18.4 Å². The summed E-state index contributed by atoms with van der Waals surface area (Å²) in [6.45, 7) is 1.51. The van der Waals surface area contributed by atoms with E-state index in [2.05, 4.69) is 5.32 Å². The van der Waals surface area contributed by atoms with Gasteiger partial charge >= 0.3 is 0 Å². The van der Waals surface area contributed by atoms with E-state index in [1.54, 1.807) is 30.3 Å². The fraction of sp³-hybridized carbons (Fsp3) is 0.357. The quantitative estimate of drug-likeness (QED) is 0.854. The summed E-state index contributed by atoms with van der Waals surface area (Å²) in [5, 5.41) is 11.3. The Labute approximate surface area is 113 Å². The van der Waals surface area contributed by atoms with E-state index in [1.807, 2.05) is 6.07 Å². The molecular weight excluding hydrogens is 260 g/mol. The third-order valence-electron chi connectivity index (χ3n) is 3.28. The highest BCUT2D eigenvalue weighted by molar-refractivity contribution is 7.92. The number of rotatable bonds is 3. The first-order valence-electron chi connectivity index (χ1n) is 6.25. The van der Waals surface area contributed by atoms with Gasteiger partial charge in [0, 0.05) is 6.08 Å². The van der Waals surface area contributed by atoms with E-state index in [0.717, 1.165) is 18.7 Å². The summed E-state index contributed by atoms with van der Waals surface area (Å²) in [4.78, 5) is 0.369. The predicted molar refractivity (Wildman–Crippen MR) is 74.2 cm³/mol. The molecule has 5 heteroatoms. The van der Waals surface area contributed by atoms with Crippen LogP contribution in [0.3, 0.4) is 0 Å². The third-order valence-corrected chi connectivity index (χ3v) is 5.56. The first kappa shape index (κ1) is 13.8. The van der Waals surface area contributed by atoms with Gasteiger partial charge in [0.25, 0.3) is 0 Å². The van der Waals surface area contributed by atoms with E-state index in [4.69, 9.17) is 5.26 Å². The Morgan fingerprint density at radius 1 is 1.21 bits per heavy atom. The average molecular weight is 276 g/mol. The standard InChI is InChI=1S/C14H16N2O2S/c15-9-1-2-12-3-5-13(6-4-12)19(17,18)14-7-10-16-11-8-14/h1-6,14,16H,7-8,10-11H2/b2-1+. The maximum absolute atomic E-state index is 12.4. The summed E-state index contributed by atoms with van der Waals surface area (Å²) < 4.78 is 24.8. The van der Waals surface area contributed by atoms with Crippen LogP contribution in [0.4, 0.5) is 0 Å². The van der Waals surface area contributed by atoms with E-state index in [0.29, 0.717) is 17.7 Å². The van der Waals surface area contributed by atoms with Gasteiger partial charge in [-0.15, -0.1) is 0 Å². The Kier molecular flexibility index (Phi) is 4.35. The molecule has 0 atom stereocenters. The highest BCUT2D eigenvalue weighted by Crippen LogP contribution is 2.22. The number of sulfone groups is 1. The minimum atomic E-state index is -3.23. The van der Waals surface area contributed by atoms with Crippen LogP contribution in [-0.4, -0.2) is 26.8 Å². The molecule has 0 radical (unpaired) electrons. The van der Waals surface area contributed by atoms with E-state index >= 15 is 0 Å². The van der Waals surface area contributed by atoms with Crippen molar-refractivity contribution in [1.29, 1.82) is 5.26 Å². The van der Waals surface area contributed by atoms with Crippen molar-refractivity contribution in [3.8, 4) is 6.07 Å². The van der Waals surface area contributed by atoms with Gasteiger partial charge in [0.2, 0.25) is 0 Å². The van der Waals surface area contributed by atoms with Crippen LogP contribution < -0.4 is 5.32 Å². The van der Waals surface area contributed by atoms with Gasteiger partial charge in [-0.3, -0.25) is 0 Å². The first-order chi connectivity index (χ1) is 9.14. The van der Waals surface area contributed by atoms with Gasteiger partial charge in [-0.1, -0.05) is 12.1 Å². The lowest BCUT2D eigenvalue weighted by molar-refractivity contribution is 0.496. The number of nitrogens with zero attached hydrogens (tertiary/aromatic N) is 1. The van der Waals surface area contributed by atoms with Gasteiger partial charge in [0.05, 0.1) is 16.2 Å². The Morgan fingerprint density at radius 2 is 1.84 bits per heavy atom. The zero-order valence-corrected chi connectivity index (χ0v) is 11.4. The number of hydrogen-bond donors (Lipinski definition) is 1. The zero-order valence-electron chi connectivity index (χ0n) is 10.5. The van der Waals surface area contributed by atoms with Crippen molar-refractivity contribution in [3.63, 3.8) is 0 Å². The number of nitriles is 1. The second-order valence-corrected chi connectivity index (χ2v) is 6.75. The SMILES string of the molecule is N#C/C=C/c1ccc(S(=O)(=O)C2CCNCC2)cc1. The van der Waals surface area contributed by atoms with Crippen LogP contribution in [-0.2, 0) is 9.84 Å². The molecule has 19 heavy (non-hydrogen) atoms. The maximum atomic E-state index is 12.4. The van der Waals surface area contributed by atoms with Crippen LogP contribution in [0.5, 0.6) is 0 Å². The van der Waals surface area contributed by atoms with Crippen LogP contribution >= 0.6 is 0 Å². The summed E-state index contributed by atoms with van der Waals surface area (Å²) in [6, 6.07) is 8.59. The number of piperidine rings is 1. The van der Waals surface area contributed by atoms with Crippen molar-refractivity contribution in [2.24, 2.45) is 0 Å². The van der Waals surface area contributed by atoms with Crippen LogP contribution in [0.25, 0.3) is 6.08 Å². The number of benzene rings is 1. The average Bonchev–Trinajstić information content (AvgIpc) is 2.46. The monoisotopic (exact) mass is 276 g/mol. The maximum Gasteiger partial charge on any atom is 0.181 e. The first-order valence-corrected chi connectivity index (χ1v) is 7.80. The summed E-state index contributed by atoms with van der Waals surface area (Å²) in [6.07, 6.45) is 4.36. The van der Waals surface area contributed by atoms with Gasteiger partial charge in [-0.2, -0.15) is 5.26 Å². The molecule has 1 N–H and O–H groups in total. The number of nitrogens with one attached hydrogen (secondary N) is 1. The molecule has 1 aliphatic rings. The molecule has 0 amide bonds. The predicted octanol–water partition coefficient (Wildman–Crippen LogP) is 1.75. The largest absolute Gasteiger partial charge is 0.317 e. The van der Waals surface area contributed by atoms with Crippen molar-refractivity contribution in [1.82, 2.24) is 5.32 Å². The van der Waals surface area contributed by atoms with Gasteiger partial charge in [-0.25, -0.2) is 8.42 Å². The molecule has 2 rings (SSSR count). The topological polar surface area (TPSA) is 70.0 Å². The second kappa shape index (κ2) is 6.00. The zero-order chi connectivity index (χ0) is 13.7. The molecule has 1 aliphatic heterocycles. The molecule has 1 fully saturated rings. The lowest BCUT2D eigenvalue weighted by Gasteiger charge is -2.22. The molecular formula is C14H16N2O2S. The summed E-state index contributed by atoms with van der Waals surface area (Å²) in [5.74, 6) is 0. The molecule has 0 aliphatic carbocycles. The number of hydrogen-bond acceptors (Lipinski definition) is 4. The lowest BCUT2D eigenvalue weighted by atomic mass is 10.2. The summed E-state index contributed by atoms with van der Waals surface area (Å²) in [7, 11) is -3.23. The summed E-state index contributed by atoms with van der Waals surface area (Å²) in [5.41, 5.74) is 0.825. The smallest absolute Gasteiger partial charge is 0.181 e. The van der Waals surface area contributed by atoms with Gasteiger partial charge in [-0.05, 0) is 49.7 Å². The fourth-order valence-corrected chi connectivity index (χ4v) is 3.96. The normalized spacial score (nSPS) is 17.4. The Bertz CT molecular complexity index is 591. The van der Waals surface area contributed by atoms with Crippen molar-refractivity contribution < 1.29 is 8.42 Å². The molecule has 0 spiro atoms. The number of allylic oxidation sites excluding steroid dienone is 1. The third kappa shape index (κ3) is 3.22. The van der Waals surface area contributed by atoms with Crippen molar-refractivity contribution in [3.05, 3.63) is 35.9 Å². The summed E-state index contributed by atoms with van der Waals surface area (Å²) >= 11 is 0. The van der Waals surface area contributed by atoms with Gasteiger partial charge in [0.1, 0.15) is 0 Å². The van der Waals surface area contributed by atoms with Crippen LogP contribution in [0, 0.1) is 11.3 Å². The highest BCUT2D eigenvalue weighted by Gasteiger charge is 2.28. The minimum absolute atomic E-state index is 0.283. The molecule has 4 nitrogen and oxygen atoms in total. The van der Waals surface area contributed by atoms with Crippen molar-refractivity contribution in [2.45, 2.75) is 23.0 Å². The Morgan fingerprint density at radius 3 is 2.42 bits per heavy atom. The molecule has 0 bridgehead atoms. The molecule has 1 aromatic rings. The van der Waals surface area contributed by atoms with Crippen LogP contribution in [0.2, 0.25) is 0 Å². The van der Waals surface area contributed by atoms with E-state index < -0.39 is 9.84 Å². The molecule has 1 saturated heterocycles. The Balaban J connectivity index is 2.21. The molecule has 0 saturated carbocycles. The minimum Gasteiger partial charge on any atom is -0.317 e. The van der Waals surface area contributed by atoms with E-state index in [9.17, 15) is 8.42 Å². The molecule has 0 unspecified atom stereocenters. The molecule has 1 heterocycles. The Hall–Kier alpha value is -1.64. The van der Waals surface area contributed by atoms with Crippen LogP contribution in [0.15, 0.2) is 35.2 Å². The van der Waals surface area contributed by atoms with E-state index in [-0.39, 0.29) is 5.25 Å². The van der Waals surface area contributed by atoms with Crippen molar-refractivity contribution >= 4 is 15.9 Å². The van der Waals surface area contributed by atoms with Gasteiger partial charge in [0.15, 0.2) is 9.84 Å². The highest BCUT2D eigenvalue weighted by atomic mass is 32.2. The lowest BCUT2D eigenvalue weighted by Crippen LogP contribution is -2.35. The molecule has 1 aromatic carbocycles. The fourth-order valence-electron chi connectivity index (χ4n) is 2.20. The molecule has 0 aromatic heterocycles. The second-order valence-electron chi connectivity index (χ2n) is 4.53. The van der Waals surface area contributed by atoms with Crippen molar-refractivity contribution in [2.75, 3.05) is 13.1 Å². The van der Waals surface area contributed by atoms with Gasteiger partial charge < -0.3 is 5.32 Å².